The van der Waals surface area contributed by atoms with Crippen LogP contribution in [0.15, 0.2) is 24.3 Å². The van der Waals surface area contributed by atoms with Gasteiger partial charge in [0.2, 0.25) is 5.91 Å². The maximum absolute atomic E-state index is 11.8. The van der Waals surface area contributed by atoms with Crippen molar-refractivity contribution >= 4 is 17.5 Å². The summed E-state index contributed by atoms with van der Waals surface area (Å²) in [4.78, 5) is 33.4. The van der Waals surface area contributed by atoms with E-state index < -0.39 is 10.8 Å². The Bertz CT molecular complexity index is 550. The van der Waals surface area contributed by atoms with Crippen molar-refractivity contribution in [2.45, 2.75) is 38.5 Å². The highest BCUT2D eigenvalue weighted by atomic mass is 16.6. The van der Waals surface area contributed by atoms with E-state index in [1.54, 1.807) is 0 Å². The largest absolute Gasteiger partial charge is 0.273 e. The predicted molar refractivity (Wildman–Crippen MR) is 79.9 cm³/mol. The van der Waals surface area contributed by atoms with E-state index in [1.165, 1.54) is 49.9 Å². The maximum Gasteiger partial charge on any atom is 0.269 e. The third kappa shape index (κ3) is 4.54. The second kappa shape index (κ2) is 7.53. The highest BCUT2D eigenvalue weighted by Crippen LogP contribution is 2.28. The summed E-state index contributed by atoms with van der Waals surface area (Å²) in [5, 5.41) is 10.5. The van der Waals surface area contributed by atoms with E-state index in [0.29, 0.717) is 12.3 Å². The zero-order valence-corrected chi connectivity index (χ0v) is 12.2. The van der Waals surface area contributed by atoms with E-state index >= 15 is 0 Å². The van der Waals surface area contributed by atoms with Crippen LogP contribution in [-0.2, 0) is 4.79 Å². The fourth-order valence-electron chi connectivity index (χ4n) is 2.63. The van der Waals surface area contributed by atoms with Crippen molar-refractivity contribution < 1.29 is 14.5 Å². The molecule has 0 aromatic heterocycles. The number of rotatable bonds is 5. The topological polar surface area (TPSA) is 101 Å². The molecular weight excluding hydrogens is 286 g/mol. The Morgan fingerprint density at radius 1 is 1.14 bits per heavy atom. The van der Waals surface area contributed by atoms with Gasteiger partial charge in [-0.05, 0) is 24.5 Å². The highest BCUT2D eigenvalue weighted by molar-refractivity contribution is 5.95. The third-order valence-electron chi connectivity index (χ3n) is 3.91. The number of non-ortho nitro benzene ring substituents is 1. The van der Waals surface area contributed by atoms with Crippen LogP contribution in [0.3, 0.4) is 0 Å². The van der Waals surface area contributed by atoms with Crippen molar-refractivity contribution in [2.75, 3.05) is 0 Å². The molecule has 118 valence electrons. The van der Waals surface area contributed by atoms with Crippen LogP contribution >= 0.6 is 0 Å². The van der Waals surface area contributed by atoms with Gasteiger partial charge in [0.05, 0.1) is 4.92 Å². The number of nitro benzene ring substituents is 1. The summed E-state index contributed by atoms with van der Waals surface area (Å²) in [6.45, 7) is 0. The van der Waals surface area contributed by atoms with Crippen LogP contribution in [0.25, 0.3) is 0 Å². The smallest absolute Gasteiger partial charge is 0.269 e. The molecule has 1 saturated carbocycles. The lowest BCUT2D eigenvalue weighted by molar-refractivity contribution is -0.384. The van der Waals surface area contributed by atoms with Gasteiger partial charge in [-0.1, -0.05) is 25.7 Å². The molecule has 0 saturated heterocycles. The Kier molecular flexibility index (Phi) is 5.46. The van der Waals surface area contributed by atoms with Gasteiger partial charge >= 0.3 is 0 Å². The Hall–Kier alpha value is -2.44. The molecule has 2 N–H and O–H groups in total. The first-order valence-electron chi connectivity index (χ1n) is 7.40. The molecule has 1 aromatic carbocycles. The molecule has 1 fully saturated rings. The van der Waals surface area contributed by atoms with Crippen molar-refractivity contribution in [3.05, 3.63) is 39.9 Å². The Morgan fingerprint density at radius 3 is 2.36 bits per heavy atom. The minimum absolute atomic E-state index is 0.0860. The van der Waals surface area contributed by atoms with Crippen LogP contribution in [0.2, 0.25) is 0 Å². The van der Waals surface area contributed by atoms with Gasteiger partial charge in [-0.25, -0.2) is 0 Å². The number of nitrogens with zero attached hydrogens (tertiary/aromatic N) is 1. The normalized spacial score (nSPS) is 14.5. The minimum Gasteiger partial charge on any atom is -0.273 e. The first-order valence-corrected chi connectivity index (χ1v) is 7.40. The molecule has 2 amide bonds. The molecule has 0 unspecified atom stereocenters. The number of carbonyl (C=O) groups excluding carboxylic acids is 2. The van der Waals surface area contributed by atoms with Gasteiger partial charge in [0.25, 0.3) is 11.6 Å². The van der Waals surface area contributed by atoms with Crippen LogP contribution in [0.1, 0.15) is 48.9 Å². The SMILES string of the molecule is O=C(CCC1CCCC1)NNC(=O)c1ccc([N+](=O)[O-])cc1. The maximum atomic E-state index is 11.8. The highest BCUT2D eigenvalue weighted by Gasteiger charge is 2.16. The van der Waals surface area contributed by atoms with Crippen molar-refractivity contribution in [1.82, 2.24) is 10.9 Å². The second-order valence-corrected chi connectivity index (χ2v) is 5.50. The monoisotopic (exact) mass is 305 g/mol. The lowest BCUT2D eigenvalue weighted by Crippen LogP contribution is -2.41. The Labute approximate surface area is 128 Å². The molecular formula is C15H19N3O4. The van der Waals surface area contributed by atoms with E-state index in [4.69, 9.17) is 0 Å². The van der Waals surface area contributed by atoms with Crippen LogP contribution in [-0.4, -0.2) is 16.7 Å². The van der Waals surface area contributed by atoms with Gasteiger partial charge < -0.3 is 0 Å². The minimum atomic E-state index is -0.535. The number of nitrogens with one attached hydrogen (secondary N) is 2. The summed E-state index contributed by atoms with van der Waals surface area (Å²) < 4.78 is 0. The van der Waals surface area contributed by atoms with Crippen LogP contribution in [0.5, 0.6) is 0 Å². The van der Waals surface area contributed by atoms with E-state index in [2.05, 4.69) is 10.9 Å². The van der Waals surface area contributed by atoms with Gasteiger partial charge in [-0.3, -0.25) is 30.6 Å². The van der Waals surface area contributed by atoms with E-state index in [0.717, 1.165) is 6.42 Å². The lowest BCUT2D eigenvalue weighted by Gasteiger charge is -2.10. The zero-order chi connectivity index (χ0) is 15.9. The first kappa shape index (κ1) is 15.9. The number of hydrogen-bond acceptors (Lipinski definition) is 4. The van der Waals surface area contributed by atoms with Crippen LogP contribution in [0.4, 0.5) is 5.69 Å². The van der Waals surface area contributed by atoms with E-state index in [1.807, 2.05) is 0 Å². The van der Waals surface area contributed by atoms with Crippen molar-refractivity contribution in [2.24, 2.45) is 5.92 Å². The molecule has 0 aliphatic heterocycles. The fraction of sp³-hybridized carbons (Fsp3) is 0.467. The molecule has 1 aromatic rings. The van der Waals surface area contributed by atoms with Crippen LogP contribution in [0, 0.1) is 16.0 Å². The van der Waals surface area contributed by atoms with Gasteiger partial charge in [0, 0.05) is 24.1 Å². The second-order valence-electron chi connectivity index (χ2n) is 5.50. The van der Waals surface area contributed by atoms with Crippen molar-refractivity contribution in [3.8, 4) is 0 Å². The summed E-state index contributed by atoms with van der Waals surface area (Å²) in [7, 11) is 0. The number of hydrogen-bond donors (Lipinski definition) is 2. The van der Waals surface area contributed by atoms with Gasteiger partial charge in [0.15, 0.2) is 0 Å². The molecule has 0 spiro atoms. The summed E-state index contributed by atoms with van der Waals surface area (Å²) in [6.07, 6.45) is 6.08. The summed E-state index contributed by atoms with van der Waals surface area (Å²) in [6, 6.07) is 5.18. The predicted octanol–water partition coefficient (Wildman–Crippen LogP) is 2.33. The zero-order valence-electron chi connectivity index (χ0n) is 12.2. The van der Waals surface area contributed by atoms with Gasteiger partial charge in [-0.2, -0.15) is 0 Å². The summed E-state index contributed by atoms with van der Waals surface area (Å²) in [5.41, 5.74) is 4.85. The lowest BCUT2D eigenvalue weighted by atomic mass is 10.0. The average Bonchev–Trinajstić information content (AvgIpc) is 3.04. The molecule has 0 heterocycles. The molecule has 22 heavy (non-hydrogen) atoms. The molecule has 0 bridgehead atoms. The number of carbonyl (C=O) groups is 2. The van der Waals surface area contributed by atoms with Crippen LogP contribution < -0.4 is 10.9 Å². The quantitative estimate of drug-likeness (QED) is 0.644. The number of amides is 2. The molecule has 7 nitrogen and oxygen atoms in total. The van der Waals surface area contributed by atoms with E-state index in [-0.39, 0.29) is 17.2 Å². The Balaban J connectivity index is 1.74. The number of hydrazine groups is 1. The molecule has 0 radical (unpaired) electrons. The molecule has 1 aliphatic carbocycles. The standard InChI is InChI=1S/C15H19N3O4/c19-14(10-5-11-3-1-2-4-11)16-17-15(20)12-6-8-13(9-7-12)18(21)22/h6-9,11H,1-5,10H2,(H,16,19)(H,17,20). The third-order valence-corrected chi connectivity index (χ3v) is 3.91. The van der Waals surface area contributed by atoms with Gasteiger partial charge in [0.1, 0.15) is 0 Å². The first-order chi connectivity index (χ1) is 10.6. The summed E-state index contributed by atoms with van der Waals surface area (Å²) >= 11 is 0. The van der Waals surface area contributed by atoms with Crippen molar-refractivity contribution in [3.63, 3.8) is 0 Å². The van der Waals surface area contributed by atoms with Crippen molar-refractivity contribution in [1.29, 1.82) is 0 Å². The summed E-state index contributed by atoms with van der Waals surface area (Å²) in [5.74, 6) is -0.0950. The Morgan fingerprint density at radius 2 is 1.77 bits per heavy atom. The molecule has 7 heteroatoms. The van der Waals surface area contributed by atoms with E-state index in [9.17, 15) is 19.7 Å². The number of benzene rings is 1. The molecule has 0 atom stereocenters. The molecule has 2 rings (SSSR count). The average molecular weight is 305 g/mol. The number of nitro groups is 1. The molecule has 1 aliphatic rings. The van der Waals surface area contributed by atoms with Gasteiger partial charge in [-0.15, -0.1) is 0 Å². The fourth-order valence-corrected chi connectivity index (χ4v) is 2.63.